The molecular weight excluding hydrogens is 246 g/mol. The van der Waals surface area contributed by atoms with E-state index in [-0.39, 0.29) is 24.8 Å². The first kappa shape index (κ1) is 16.3. The topological polar surface area (TPSA) is 92.7 Å². The molecule has 0 saturated carbocycles. The summed E-state index contributed by atoms with van der Waals surface area (Å²) in [4.78, 5) is 10.9. The second kappa shape index (κ2) is 7.62. The van der Waals surface area contributed by atoms with E-state index in [2.05, 4.69) is 9.46 Å². The fraction of sp³-hybridized carbons (Fsp3) is 0.900. The van der Waals surface area contributed by atoms with Crippen molar-refractivity contribution in [1.29, 1.82) is 0 Å². The Bertz CT molecular complexity index is 326. The molecule has 0 fully saturated rings. The molecule has 0 bridgehead atoms. The van der Waals surface area contributed by atoms with Gasteiger partial charge >= 0.3 is 5.97 Å². The van der Waals surface area contributed by atoms with Crippen molar-refractivity contribution >= 4 is 16.0 Å². The van der Waals surface area contributed by atoms with Crippen LogP contribution in [0, 0.1) is 11.8 Å². The summed E-state index contributed by atoms with van der Waals surface area (Å²) in [6, 6.07) is 0. The Hall–Kier alpha value is -0.660. The summed E-state index contributed by atoms with van der Waals surface area (Å²) in [6.07, 6.45) is 0.447. The van der Waals surface area contributed by atoms with Crippen LogP contribution in [-0.2, 0) is 19.6 Å². The summed E-state index contributed by atoms with van der Waals surface area (Å²) in [5, 5.41) is 8.94. The van der Waals surface area contributed by atoms with Crippen LogP contribution in [0.2, 0.25) is 0 Å². The van der Waals surface area contributed by atoms with Crippen LogP contribution in [0.1, 0.15) is 20.3 Å². The molecule has 0 aromatic carbocycles. The molecule has 0 heterocycles. The number of hydrogen-bond acceptors (Lipinski definition) is 4. The first-order valence-electron chi connectivity index (χ1n) is 5.47. The van der Waals surface area contributed by atoms with E-state index < -0.39 is 21.9 Å². The third kappa shape index (κ3) is 8.12. The lowest BCUT2D eigenvalue weighted by molar-refractivity contribution is -0.142. The van der Waals surface area contributed by atoms with Gasteiger partial charge in [-0.25, -0.2) is 13.1 Å². The first-order chi connectivity index (χ1) is 7.78. The number of carboxylic acids is 1. The summed E-state index contributed by atoms with van der Waals surface area (Å²) >= 11 is 0. The van der Waals surface area contributed by atoms with Crippen molar-refractivity contribution < 1.29 is 23.1 Å². The zero-order valence-corrected chi connectivity index (χ0v) is 11.3. The quantitative estimate of drug-likeness (QED) is 0.626. The van der Waals surface area contributed by atoms with Crippen LogP contribution in [0.25, 0.3) is 0 Å². The summed E-state index contributed by atoms with van der Waals surface area (Å²) in [5.74, 6) is -1.61. The molecule has 17 heavy (non-hydrogen) atoms. The largest absolute Gasteiger partial charge is 0.481 e. The summed E-state index contributed by atoms with van der Waals surface area (Å²) < 4.78 is 29.8. The number of aliphatic carboxylic acids is 1. The number of carbonyl (C=O) groups is 1. The van der Waals surface area contributed by atoms with Gasteiger partial charge in [0.25, 0.3) is 0 Å². The molecule has 0 aliphatic rings. The second-order valence-electron chi connectivity index (χ2n) is 4.32. The minimum absolute atomic E-state index is 0.0699. The van der Waals surface area contributed by atoms with Crippen molar-refractivity contribution in [2.75, 3.05) is 26.0 Å². The Labute approximate surface area is 102 Å². The second-order valence-corrected chi connectivity index (χ2v) is 6.25. The van der Waals surface area contributed by atoms with Crippen molar-refractivity contribution in [3.63, 3.8) is 0 Å². The van der Waals surface area contributed by atoms with Gasteiger partial charge in [-0.15, -0.1) is 0 Å². The fourth-order valence-electron chi connectivity index (χ4n) is 1.33. The Morgan fingerprint density at radius 2 is 2.00 bits per heavy atom. The van der Waals surface area contributed by atoms with E-state index in [0.717, 1.165) is 0 Å². The molecule has 0 amide bonds. The predicted octanol–water partition coefficient (Wildman–Crippen LogP) is 0.299. The van der Waals surface area contributed by atoms with Gasteiger partial charge in [0, 0.05) is 13.7 Å². The molecule has 6 nitrogen and oxygen atoms in total. The molecular formula is C10H21NO5S. The van der Waals surface area contributed by atoms with E-state index in [1.54, 1.807) is 0 Å². The fourth-order valence-corrected chi connectivity index (χ4v) is 2.32. The molecule has 0 saturated heterocycles. The minimum atomic E-state index is -3.45. The number of ether oxygens (including phenoxy) is 1. The van der Waals surface area contributed by atoms with E-state index in [0.29, 0.717) is 6.42 Å². The van der Waals surface area contributed by atoms with Gasteiger partial charge in [0.2, 0.25) is 10.0 Å². The van der Waals surface area contributed by atoms with Crippen LogP contribution in [0.3, 0.4) is 0 Å². The van der Waals surface area contributed by atoms with Crippen LogP contribution in [0.4, 0.5) is 0 Å². The number of rotatable bonds is 9. The van der Waals surface area contributed by atoms with Gasteiger partial charge in [0.05, 0.1) is 18.3 Å². The molecule has 1 unspecified atom stereocenters. The Morgan fingerprint density at radius 3 is 2.41 bits per heavy atom. The molecule has 102 valence electrons. The molecule has 2 N–H and O–H groups in total. The molecule has 0 aliphatic carbocycles. The molecule has 0 aromatic rings. The van der Waals surface area contributed by atoms with Crippen molar-refractivity contribution in [1.82, 2.24) is 4.72 Å². The Kier molecular flexibility index (Phi) is 7.33. The molecule has 7 heteroatoms. The van der Waals surface area contributed by atoms with E-state index in [9.17, 15) is 13.2 Å². The zero-order chi connectivity index (χ0) is 13.5. The lowest BCUT2D eigenvalue weighted by Crippen LogP contribution is -2.35. The van der Waals surface area contributed by atoms with Gasteiger partial charge in [-0.1, -0.05) is 13.8 Å². The van der Waals surface area contributed by atoms with Crippen molar-refractivity contribution in [3.8, 4) is 0 Å². The van der Waals surface area contributed by atoms with Crippen LogP contribution in [0.15, 0.2) is 0 Å². The average Bonchev–Trinajstić information content (AvgIpc) is 2.20. The number of nitrogens with one attached hydrogen (secondary N) is 1. The lowest BCUT2D eigenvalue weighted by atomic mass is 9.98. The highest BCUT2D eigenvalue weighted by atomic mass is 32.2. The van der Waals surface area contributed by atoms with Crippen LogP contribution in [0.5, 0.6) is 0 Å². The number of hydrogen-bond donors (Lipinski definition) is 2. The number of sulfonamides is 1. The van der Waals surface area contributed by atoms with Crippen molar-refractivity contribution in [3.05, 3.63) is 0 Å². The van der Waals surface area contributed by atoms with E-state index in [1.165, 1.54) is 7.11 Å². The average molecular weight is 267 g/mol. The predicted molar refractivity (Wildman–Crippen MR) is 64.2 cm³/mol. The number of methoxy groups -OCH3 is 1. The minimum Gasteiger partial charge on any atom is -0.481 e. The maximum absolute atomic E-state index is 11.4. The molecule has 0 spiro atoms. The van der Waals surface area contributed by atoms with Crippen LogP contribution >= 0.6 is 0 Å². The van der Waals surface area contributed by atoms with E-state index >= 15 is 0 Å². The van der Waals surface area contributed by atoms with Gasteiger partial charge in [0.1, 0.15) is 0 Å². The third-order valence-electron chi connectivity index (χ3n) is 2.21. The highest BCUT2D eigenvalue weighted by molar-refractivity contribution is 7.89. The van der Waals surface area contributed by atoms with Gasteiger partial charge in [0.15, 0.2) is 0 Å². The molecule has 0 aromatic heterocycles. The summed E-state index contributed by atoms with van der Waals surface area (Å²) in [7, 11) is -2.04. The maximum atomic E-state index is 11.4. The number of carboxylic acid groups (broad SMARTS) is 1. The molecule has 0 aliphatic heterocycles. The van der Waals surface area contributed by atoms with Gasteiger partial charge in [-0.2, -0.15) is 0 Å². The van der Waals surface area contributed by atoms with Gasteiger partial charge in [-0.05, 0) is 12.3 Å². The lowest BCUT2D eigenvalue weighted by Gasteiger charge is -2.15. The highest BCUT2D eigenvalue weighted by Gasteiger charge is 2.21. The Balaban J connectivity index is 4.25. The molecule has 0 rings (SSSR count). The highest BCUT2D eigenvalue weighted by Crippen LogP contribution is 2.11. The van der Waals surface area contributed by atoms with E-state index in [1.807, 2.05) is 13.8 Å². The standard InChI is InChI=1S/C10H21NO5S/c1-8(2)6-9(10(12)13)7-11-17(14,15)5-4-16-3/h8-9,11H,4-7H2,1-3H3,(H,12,13). The van der Waals surface area contributed by atoms with E-state index in [4.69, 9.17) is 5.11 Å². The van der Waals surface area contributed by atoms with Crippen LogP contribution < -0.4 is 4.72 Å². The van der Waals surface area contributed by atoms with Gasteiger partial charge < -0.3 is 9.84 Å². The maximum Gasteiger partial charge on any atom is 0.307 e. The Morgan fingerprint density at radius 1 is 1.41 bits per heavy atom. The summed E-state index contributed by atoms with van der Waals surface area (Å²) in [6.45, 7) is 3.82. The SMILES string of the molecule is COCCS(=O)(=O)NCC(CC(C)C)C(=O)O. The first-order valence-corrected chi connectivity index (χ1v) is 7.12. The van der Waals surface area contributed by atoms with Crippen LogP contribution in [-0.4, -0.2) is 45.5 Å². The third-order valence-corrected chi connectivity index (χ3v) is 3.52. The zero-order valence-electron chi connectivity index (χ0n) is 10.5. The molecule has 0 radical (unpaired) electrons. The normalized spacial score (nSPS) is 13.9. The monoisotopic (exact) mass is 267 g/mol. The van der Waals surface area contributed by atoms with Crippen molar-refractivity contribution in [2.45, 2.75) is 20.3 Å². The van der Waals surface area contributed by atoms with Crippen molar-refractivity contribution in [2.24, 2.45) is 11.8 Å². The van der Waals surface area contributed by atoms with Gasteiger partial charge in [-0.3, -0.25) is 4.79 Å². The smallest absolute Gasteiger partial charge is 0.307 e. The molecule has 1 atom stereocenters. The summed E-state index contributed by atoms with van der Waals surface area (Å²) in [5.41, 5.74) is 0.